The number of amides is 1. The lowest BCUT2D eigenvalue weighted by Gasteiger charge is -2.08. The molecule has 0 aromatic carbocycles. The molecule has 2 N–H and O–H groups in total. The molecule has 4 nitrogen and oxygen atoms in total. The highest BCUT2D eigenvalue weighted by Crippen LogP contribution is 2.13. The summed E-state index contributed by atoms with van der Waals surface area (Å²) in [6.07, 6.45) is 5.44. The van der Waals surface area contributed by atoms with Gasteiger partial charge in [0, 0.05) is 0 Å². The second-order valence-electron chi connectivity index (χ2n) is 2.53. The van der Waals surface area contributed by atoms with E-state index in [1.807, 2.05) is 0 Å². The lowest BCUT2D eigenvalue weighted by Crippen LogP contribution is -2.27. The number of carbonyl (C=O) groups excluding carboxylic acids is 1. The van der Waals surface area contributed by atoms with Crippen LogP contribution in [0.1, 0.15) is 13.3 Å². The zero-order chi connectivity index (χ0) is 11.0. The maximum Gasteiger partial charge on any atom is 0.316 e. The third kappa shape index (κ3) is 5.49. The fourth-order valence-corrected chi connectivity index (χ4v) is 1.57. The lowest BCUT2D eigenvalue weighted by atomic mass is 10.3. The quantitative estimate of drug-likeness (QED) is 0.627. The second kappa shape index (κ2) is 7.27. The van der Waals surface area contributed by atoms with E-state index >= 15 is 0 Å². The van der Waals surface area contributed by atoms with Gasteiger partial charge in [0.05, 0.1) is 12.3 Å². The standard InChI is InChI=1S/C9H13NO3S/c1-3-5-10-8(11)6-14-7(4-2)9(12)13/h1,7H,4-6H2,2H3,(H,10,11)(H,12,13). The fourth-order valence-electron chi connectivity index (χ4n) is 0.741. The molecule has 78 valence electrons. The first-order valence-electron chi connectivity index (χ1n) is 4.16. The normalized spacial score (nSPS) is 11.4. The van der Waals surface area contributed by atoms with Crippen LogP contribution in [0.3, 0.4) is 0 Å². The van der Waals surface area contributed by atoms with E-state index in [9.17, 15) is 9.59 Å². The first kappa shape index (κ1) is 12.8. The van der Waals surface area contributed by atoms with E-state index in [2.05, 4.69) is 11.2 Å². The molecule has 0 saturated carbocycles. The van der Waals surface area contributed by atoms with E-state index < -0.39 is 11.2 Å². The van der Waals surface area contributed by atoms with E-state index in [4.69, 9.17) is 11.5 Å². The van der Waals surface area contributed by atoms with Crippen molar-refractivity contribution >= 4 is 23.6 Å². The number of thioether (sulfide) groups is 1. The highest BCUT2D eigenvalue weighted by Gasteiger charge is 2.16. The van der Waals surface area contributed by atoms with Gasteiger partial charge in [0.2, 0.25) is 5.91 Å². The van der Waals surface area contributed by atoms with Crippen molar-refractivity contribution < 1.29 is 14.7 Å². The van der Waals surface area contributed by atoms with E-state index in [0.29, 0.717) is 6.42 Å². The summed E-state index contributed by atoms with van der Waals surface area (Å²) in [5.74, 6) is 1.28. The Morgan fingerprint density at radius 3 is 2.71 bits per heavy atom. The van der Waals surface area contributed by atoms with Crippen molar-refractivity contribution in [2.24, 2.45) is 0 Å². The summed E-state index contributed by atoms with van der Waals surface area (Å²) in [5.41, 5.74) is 0. The number of hydrogen-bond donors (Lipinski definition) is 2. The predicted molar refractivity (Wildman–Crippen MR) is 56.0 cm³/mol. The number of hydrogen-bond acceptors (Lipinski definition) is 3. The van der Waals surface area contributed by atoms with E-state index in [1.165, 1.54) is 0 Å². The monoisotopic (exact) mass is 215 g/mol. The van der Waals surface area contributed by atoms with Crippen LogP contribution in [0.15, 0.2) is 0 Å². The van der Waals surface area contributed by atoms with Crippen molar-refractivity contribution in [3.63, 3.8) is 0 Å². The molecule has 1 amide bonds. The van der Waals surface area contributed by atoms with E-state index in [1.54, 1.807) is 6.92 Å². The average Bonchev–Trinajstić information content (AvgIpc) is 2.15. The Bertz CT molecular complexity index is 247. The molecule has 0 fully saturated rings. The predicted octanol–water partition coefficient (Wildman–Crippen LogP) is 0.332. The number of carboxylic acid groups (broad SMARTS) is 1. The van der Waals surface area contributed by atoms with Crippen LogP contribution in [0.5, 0.6) is 0 Å². The minimum atomic E-state index is -0.887. The minimum Gasteiger partial charge on any atom is -0.480 e. The van der Waals surface area contributed by atoms with Gasteiger partial charge in [-0.1, -0.05) is 12.8 Å². The third-order valence-electron chi connectivity index (χ3n) is 1.45. The first-order valence-corrected chi connectivity index (χ1v) is 5.21. The van der Waals surface area contributed by atoms with E-state index in [0.717, 1.165) is 11.8 Å². The summed E-state index contributed by atoms with van der Waals surface area (Å²) in [6.45, 7) is 1.95. The van der Waals surface area contributed by atoms with Crippen molar-refractivity contribution in [1.82, 2.24) is 5.32 Å². The largest absolute Gasteiger partial charge is 0.480 e. The van der Waals surface area contributed by atoms with Crippen LogP contribution in [0, 0.1) is 12.3 Å². The molecule has 0 heterocycles. The zero-order valence-electron chi connectivity index (χ0n) is 7.95. The maximum atomic E-state index is 11.0. The molecule has 0 aromatic heterocycles. The van der Waals surface area contributed by atoms with Crippen LogP contribution in [0.4, 0.5) is 0 Å². The van der Waals surface area contributed by atoms with Gasteiger partial charge in [0.25, 0.3) is 0 Å². The van der Waals surface area contributed by atoms with Crippen molar-refractivity contribution in [2.75, 3.05) is 12.3 Å². The van der Waals surface area contributed by atoms with Crippen LogP contribution >= 0.6 is 11.8 Å². The first-order chi connectivity index (χ1) is 6.61. The van der Waals surface area contributed by atoms with Gasteiger partial charge in [-0.25, -0.2) is 0 Å². The van der Waals surface area contributed by atoms with Crippen LogP contribution in [0.25, 0.3) is 0 Å². The summed E-state index contributed by atoms with van der Waals surface area (Å²) < 4.78 is 0. The Hall–Kier alpha value is -1.15. The van der Waals surface area contributed by atoms with Gasteiger partial charge in [-0.15, -0.1) is 18.2 Å². The summed E-state index contributed by atoms with van der Waals surface area (Å²) in [7, 11) is 0. The average molecular weight is 215 g/mol. The molecule has 0 spiro atoms. The molecule has 0 rings (SSSR count). The molecule has 0 radical (unpaired) electrons. The number of nitrogens with one attached hydrogen (secondary N) is 1. The topological polar surface area (TPSA) is 66.4 Å². The fraction of sp³-hybridized carbons (Fsp3) is 0.556. The molecule has 1 unspecified atom stereocenters. The molecule has 0 aliphatic heterocycles. The molecule has 0 aromatic rings. The van der Waals surface area contributed by atoms with Crippen LogP contribution in [0.2, 0.25) is 0 Å². The summed E-state index contributed by atoms with van der Waals surface area (Å²) in [4.78, 5) is 21.6. The van der Waals surface area contributed by atoms with Gasteiger partial charge in [0.1, 0.15) is 5.25 Å². The number of aliphatic carboxylic acids is 1. The van der Waals surface area contributed by atoms with Gasteiger partial charge in [-0.05, 0) is 6.42 Å². The minimum absolute atomic E-state index is 0.131. The zero-order valence-corrected chi connectivity index (χ0v) is 8.76. The van der Waals surface area contributed by atoms with Crippen LogP contribution in [-0.4, -0.2) is 34.5 Å². The maximum absolute atomic E-state index is 11.0. The second-order valence-corrected chi connectivity index (χ2v) is 3.72. The summed E-state index contributed by atoms with van der Waals surface area (Å²) in [5, 5.41) is 10.6. The summed E-state index contributed by atoms with van der Waals surface area (Å²) >= 11 is 1.11. The third-order valence-corrected chi connectivity index (χ3v) is 2.82. The van der Waals surface area contributed by atoms with Gasteiger partial charge in [0.15, 0.2) is 0 Å². The molecule has 0 saturated heterocycles. The SMILES string of the molecule is C#CCNC(=O)CSC(CC)C(=O)O. The Balaban J connectivity index is 3.75. The lowest BCUT2D eigenvalue weighted by molar-refractivity contribution is -0.136. The number of rotatable bonds is 6. The Morgan fingerprint density at radius 2 is 2.29 bits per heavy atom. The van der Waals surface area contributed by atoms with Gasteiger partial charge in [-0.2, -0.15) is 0 Å². The summed E-state index contributed by atoms with van der Waals surface area (Å²) in [6, 6.07) is 0. The number of carbonyl (C=O) groups is 2. The van der Waals surface area contributed by atoms with Gasteiger partial charge >= 0.3 is 5.97 Å². The van der Waals surface area contributed by atoms with Crippen LogP contribution in [-0.2, 0) is 9.59 Å². The molecule has 0 aliphatic carbocycles. The molecule has 1 atom stereocenters. The van der Waals surface area contributed by atoms with Crippen molar-refractivity contribution in [2.45, 2.75) is 18.6 Å². The molecule has 5 heteroatoms. The van der Waals surface area contributed by atoms with Crippen molar-refractivity contribution in [1.29, 1.82) is 0 Å². The smallest absolute Gasteiger partial charge is 0.316 e. The highest BCUT2D eigenvalue weighted by molar-refractivity contribution is 8.01. The highest BCUT2D eigenvalue weighted by atomic mass is 32.2. The molecule has 14 heavy (non-hydrogen) atoms. The van der Waals surface area contributed by atoms with Crippen LogP contribution < -0.4 is 5.32 Å². The Kier molecular flexibility index (Phi) is 6.68. The van der Waals surface area contributed by atoms with Gasteiger partial charge in [-0.3, -0.25) is 9.59 Å². The Labute approximate surface area is 87.4 Å². The van der Waals surface area contributed by atoms with Crippen molar-refractivity contribution in [3.05, 3.63) is 0 Å². The number of terminal acetylenes is 1. The number of carboxylic acids is 1. The molecule has 0 bridgehead atoms. The van der Waals surface area contributed by atoms with E-state index in [-0.39, 0.29) is 18.2 Å². The van der Waals surface area contributed by atoms with Crippen molar-refractivity contribution in [3.8, 4) is 12.3 Å². The molecule has 0 aliphatic rings. The molecular weight excluding hydrogens is 202 g/mol. The Morgan fingerprint density at radius 1 is 1.64 bits per heavy atom. The van der Waals surface area contributed by atoms with Gasteiger partial charge < -0.3 is 10.4 Å². The molecular formula is C9H13NO3S.